The van der Waals surface area contributed by atoms with Gasteiger partial charge in [0.1, 0.15) is 10.4 Å². The van der Waals surface area contributed by atoms with Gasteiger partial charge in [-0.05, 0) is 60.3 Å². The van der Waals surface area contributed by atoms with Crippen LogP contribution < -0.4 is 4.74 Å². The Kier molecular flexibility index (Phi) is 4.86. The van der Waals surface area contributed by atoms with Crippen molar-refractivity contribution >= 4 is 15.9 Å². The standard InChI is InChI=1S/C16H21BrN2O/c1-11(2)8-14-10-16(17)18-19(14)13-6-5-7-15(9-13)20-12(3)4/h5-7,9-12H,8H2,1-4H3. The quantitative estimate of drug-likeness (QED) is 0.796. The summed E-state index contributed by atoms with van der Waals surface area (Å²) in [6.07, 6.45) is 1.16. The van der Waals surface area contributed by atoms with Crippen LogP contribution in [0.3, 0.4) is 0 Å². The summed E-state index contributed by atoms with van der Waals surface area (Å²) in [4.78, 5) is 0. The molecule has 0 bridgehead atoms. The zero-order valence-corrected chi connectivity index (χ0v) is 14.0. The number of nitrogens with zero attached hydrogens (tertiary/aromatic N) is 2. The Morgan fingerprint density at radius 1 is 1.20 bits per heavy atom. The average molecular weight is 337 g/mol. The van der Waals surface area contributed by atoms with Crippen LogP contribution in [-0.4, -0.2) is 15.9 Å². The molecule has 1 aromatic heterocycles. The van der Waals surface area contributed by atoms with Gasteiger partial charge in [0, 0.05) is 11.8 Å². The molecule has 0 fully saturated rings. The van der Waals surface area contributed by atoms with Crippen molar-refractivity contribution in [3.63, 3.8) is 0 Å². The second-order valence-corrected chi connectivity index (χ2v) is 6.44. The summed E-state index contributed by atoms with van der Waals surface area (Å²) in [5.41, 5.74) is 2.23. The van der Waals surface area contributed by atoms with Gasteiger partial charge in [-0.1, -0.05) is 19.9 Å². The van der Waals surface area contributed by atoms with Crippen LogP contribution in [0.5, 0.6) is 5.75 Å². The molecule has 0 N–H and O–H groups in total. The minimum atomic E-state index is 0.171. The van der Waals surface area contributed by atoms with Crippen molar-refractivity contribution in [3.8, 4) is 11.4 Å². The van der Waals surface area contributed by atoms with Gasteiger partial charge in [0.25, 0.3) is 0 Å². The second-order valence-electron chi connectivity index (χ2n) is 5.63. The van der Waals surface area contributed by atoms with Crippen molar-refractivity contribution in [3.05, 3.63) is 40.6 Å². The normalized spacial score (nSPS) is 11.3. The number of hydrogen-bond acceptors (Lipinski definition) is 2. The van der Waals surface area contributed by atoms with Crippen LogP contribution in [0.2, 0.25) is 0 Å². The first kappa shape index (κ1) is 15.1. The fourth-order valence-corrected chi connectivity index (χ4v) is 2.56. The third kappa shape index (κ3) is 3.85. The van der Waals surface area contributed by atoms with E-state index in [2.05, 4.69) is 47.0 Å². The minimum Gasteiger partial charge on any atom is -0.491 e. The second kappa shape index (κ2) is 6.44. The van der Waals surface area contributed by atoms with Gasteiger partial charge in [-0.15, -0.1) is 0 Å². The molecule has 1 aromatic carbocycles. The van der Waals surface area contributed by atoms with Gasteiger partial charge in [-0.3, -0.25) is 0 Å². The third-order valence-electron chi connectivity index (χ3n) is 2.80. The van der Waals surface area contributed by atoms with E-state index in [4.69, 9.17) is 4.74 Å². The van der Waals surface area contributed by atoms with Crippen LogP contribution in [0.4, 0.5) is 0 Å². The first-order valence-corrected chi connectivity index (χ1v) is 7.76. The molecule has 0 radical (unpaired) electrons. The van der Waals surface area contributed by atoms with Crippen LogP contribution in [0.15, 0.2) is 34.9 Å². The summed E-state index contributed by atoms with van der Waals surface area (Å²) in [6.45, 7) is 8.48. The molecular formula is C16H21BrN2O. The summed E-state index contributed by atoms with van der Waals surface area (Å²) in [5.74, 6) is 1.46. The van der Waals surface area contributed by atoms with Crippen molar-refractivity contribution in [2.75, 3.05) is 0 Å². The average Bonchev–Trinajstić information content (AvgIpc) is 2.68. The molecule has 1 heterocycles. The zero-order chi connectivity index (χ0) is 14.7. The van der Waals surface area contributed by atoms with Crippen LogP contribution in [0.25, 0.3) is 5.69 Å². The van der Waals surface area contributed by atoms with Crippen LogP contribution in [-0.2, 0) is 6.42 Å². The molecule has 0 unspecified atom stereocenters. The van der Waals surface area contributed by atoms with Crippen LogP contribution >= 0.6 is 15.9 Å². The number of aromatic nitrogens is 2. The van der Waals surface area contributed by atoms with E-state index in [-0.39, 0.29) is 6.10 Å². The Balaban J connectivity index is 2.35. The maximum atomic E-state index is 5.75. The molecule has 2 rings (SSSR count). The topological polar surface area (TPSA) is 27.1 Å². The summed E-state index contributed by atoms with van der Waals surface area (Å²) < 4.78 is 8.60. The summed E-state index contributed by atoms with van der Waals surface area (Å²) in [7, 11) is 0. The van der Waals surface area contributed by atoms with E-state index < -0.39 is 0 Å². The van der Waals surface area contributed by atoms with Crippen molar-refractivity contribution < 1.29 is 4.74 Å². The fourth-order valence-electron chi connectivity index (χ4n) is 2.14. The highest BCUT2D eigenvalue weighted by Gasteiger charge is 2.11. The highest BCUT2D eigenvalue weighted by Crippen LogP contribution is 2.22. The molecule has 4 heteroatoms. The first-order valence-electron chi connectivity index (χ1n) is 6.97. The number of halogens is 1. The number of hydrogen-bond donors (Lipinski definition) is 0. The SMILES string of the molecule is CC(C)Cc1cc(Br)nn1-c1cccc(OC(C)C)c1. The highest BCUT2D eigenvalue weighted by atomic mass is 79.9. The lowest BCUT2D eigenvalue weighted by Crippen LogP contribution is -2.08. The molecule has 0 atom stereocenters. The number of ether oxygens (including phenoxy) is 1. The predicted molar refractivity (Wildman–Crippen MR) is 85.6 cm³/mol. The molecule has 108 valence electrons. The van der Waals surface area contributed by atoms with Gasteiger partial charge in [0.2, 0.25) is 0 Å². The van der Waals surface area contributed by atoms with Crippen molar-refractivity contribution in [1.29, 1.82) is 0 Å². The molecular weight excluding hydrogens is 316 g/mol. The van der Waals surface area contributed by atoms with E-state index in [1.807, 2.05) is 36.7 Å². The van der Waals surface area contributed by atoms with Crippen molar-refractivity contribution in [2.24, 2.45) is 5.92 Å². The zero-order valence-electron chi connectivity index (χ0n) is 12.4. The number of benzene rings is 1. The lowest BCUT2D eigenvalue weighted by molar-refractivity contribution is 0.242. The third-order valence-corrected chi connectivity index (χ3v) is 3.19. The van der Waals surface area contributed by atoms with Gasteiger partial charge >= 0.3 is 0 Å². The maximum absolute atomic E-state index is 5.75. The monoisotopic (exact) mass is 336 g/mol. The summed E-state index contributed by atoms with van der Waals surface area (Å²) >= 11 is 3.47. The molecule has 0 aliphatic heterocycles. The molecule has 0 saturated carbocycles. The Morgan fingerprint density at radius 3 is 2.60 bits per heavy atom. The molecule has 3 nitrogen and oxygen atoms in total. The Labute approximate surface area is 129 Å². The lowest BCUT2D eigenvalue weighted by Gasteiger charge is -2.13. The molecule has 20 heavy (non-hydrogen) atoms. The van der Waals surface area contributed by atoms with E-state index in [1.54, 1.807) is 0 Å². The van der Waals surface area contributed by atoms with Gasteiger partial charge in [-0.2, -0.15) is 5.10 Å². The van der Waals surface area contributed by atoms with Gasteiger partial charge in [-0.25, -0.2) is 4.68 Å². The summed E-state index contributed by atoms with van der Waals surface area (Å²) in [6, 6.07) is 10.1. The highest BCUT2D eigenvalue weighted by molar-refractivity contribution is 9.10. The number of rotatable bonds is 5. The van der Waals surface area contributed by atoms with Crippen LogP contribution in [0.1, 0.15) is 33.4 Å². The van der Waals surface area contributed by atoms with Crippen molar-refractivity contribution in [1.82, 2.24) is 9.78 Å². The molecule has 0 saturated heterocycles. The van der Waals surface area contributed by atoms with Crippen molar-refractivity contribution in [2.45, 2.75) is 40.2 Å². The Morgan fingerprint density at radius 2 is 1.95 bits per heavy atom. The smallest absolute Gasteiger partial charge is 0.128 e. The van der Waals surface area contributed by atoms with Gasteiger partial charge in [0.15, 0.2) is 0 Å². The van der Waals surface area contributed by atoms with E-state index in [0.717, 1.165) is 22.5 Å². The van der Waals surface area contributed by atoms with E-state index in [0.29, 0.717) is 5.92 Å². The summed E-state index contributed by atoms with van der Waals surface area (Å²) in [5, 5.41) is 4.53. The first-order chi connectivity index (χ1) is 9.45. The van der Waals surface area contributed by atoms with E-state index in [9.17, 15) is 0 Å². The molecule has 0 spiro atoms. The Bertz CT molecular complexity index is 576. The van der Waals surface area contributed by atoms with Gasteiger partial charge in [0.05, 0.1) is 11.8 Å². The lowest BCUT2D eigenvalue weighted by atomic mass is 10.1. The largest absolute Gasteiger partial charge is 0.491 e. The minimum absolute atomic E-state index is 0.171. The van der Waals surface area contributed by atoms with Gasteiger partial charge < -0.3 is 4.74 Å². The molecule has 0 aliphatic rings. The Hall–Kier alpha value is -1.29. The van der Waals surface area contributed by atoms with E-state index >= 15 is 0 Å². The van der Waals surface area contributed by atoms with Crippen LogP contribution in [0, 0.1) is 5.92 Å². The predicted octanol–water partition coefficient (Wildman–Crippen LogP) is 4.62. The maximum Gasteiger partial charge on any atom is 0.128 e. The molecule has 0 aliphatic carbocycles. The molecule has 2 aromatic rings. The van der Waals surface area contributed by atoms with E-state index in [1.165, 1.54) is 5.69 Å². The molecule has 0 amide bonds. The fraction of sp³-hybridized carbons (Fsp3) is 0.438.